The maximum Gasteiger partial charge on any atom is 0.248 e. The van der Waals surface area contributed by atoms with E-state index in [1.54, 1.807) is 32.2 Å². The molecule has 0 spiro atoms. The molecule has 0 unspecified atom stereocenters. The van der Waals surface area contributed by atoms with Crippen LogP contribution in [0.2, 0.25) is 0 Å². The van der Waals surface area contributed by atoms with Crippen molar-refractivity contribution in [3.8, 4) is 5.75 Å². The van der Waals surface area contributed by atoms with Crippen molar-refractivity contribution in [3.05, 3.63) is 65.4 Å². The fourth-order valence-corrected chi connectivity index (χ4v) is 5.80. The zero-order chi connectivity index (χ0) is 24.1. The Morgan fingerprint density at radius 1 is 1.26 bits per heavy atom. The van der Waals surface area contributed by atoms with Gasteiger partial charge in [-0.2, -0.15) is 4.31 Å². The third-order valence-corrected chi connectivity index (χ3v) is 7.80. The number of nitrogens with one attached hydrogen (secondary N) is 1. The summed E-state index contributed by atoms with van der Waals surface area (Å²) in [6.45, 7) is 2.30. The van der Waals surface area contributed by atoms with E-state index in [9.17, 15) is 13.2 Å². The van der Waals surface area contributed by atoms with Crippen molar-refractivity contribution in [2.45, 2.75) is 31.2 Å². The SMILES string of the molecule is COc1ccccc1CNC(=O)[C@@H]1CCCN(S(=O)(=O)c2c(C)noc2/C=C/c2ccco2)C1. The molecule has 3 heterocycles. The van der Waals surface area contributed by atoms with Crippen molar-refractivity contribution in [2.75, 3.05) is 20.2 Å². The second-order valence-corrected chi connectivity index (χ2v) is 9.92. The molecule has 1 aliphatic heterocycles. The standard InChI is InChI=1S/C24H27N3O6S/c1-17-23(22(33-26-17)12-11-20-9-6-14-32-20)34(29,30)27-13-5-8-19(16-27)24(28)25-15-18-7-3-4-10-21(18)31-2/h3-4,6-7,9-12,14,19H,5,8,13,15-16H2,1-2H3,(H,25,28)/b12-11+/t19-/m1/s1. The fourth-order valence-electron chi connectivity index (χ4n) is 4.02. The number of rotatable bonds is 8. The van der Waals surface area contributed by atoms with Crippen LogP contribution in [0.5, 0.6) is 5.75 Å². The van der Waals surface area contributed by atoms with Gasteiger partial charge in [-0.15, -0.1) is 0 Å². The molecule has 1 N–H and O–H groups in total. The average Bonchev–Trinajstić information content (AvgIpc) is 3.51. The average molecular weight is 486 g/mol. The summed E-state index contributed by atoms with van der Waals surface area (Å²) in [5.41, 5.74) is 1.12. The van der Waals surface area contributed by atoms with Crippen LogP contribution in [0.1, 0.15) is 35.6 Å². The zero-order valence-electron chi connectivity index (χ0n) is 19.1. The number of ether oxygens (including phenoxy) is 1. The van der Waals surface area contributed by atoms with Gasteiger partial charge < -0.3 is 19.0 Å². The molecular weight excluding hydrogens is 458 g/mol. The molecule has 34 heavy (non-hydrogen) atoms. The minimum absolute atomic E-state index is 0.00499. The molecule has 4 rings (SSSR count). The van der Waals surface area contributed by atoms with Gasteiger partial charge in [0, 0.05) is 25.2 Å². The molecule has 180 valence electrons. The molecule has 1 aromatic carbocycles. The summed E-state index contributed by atoms with van der Waals surface area (Å²) in [6.07, 6.45) is 5.84. The molecule has 1 atom stereocenters. The number of hydrogen-bond acceptors (Lipinski definition) is 7. The Bertz CT molecular complexity index is 1260. The molecular formula is C24H27N3O6S. The quantitative estimate of drug-likeness (QED) is 0.519. The van der Waals surface area contributed by atoms with E-state index in [1.807, 2.05) is 24.3 Å². The number of furan rings is 1. The Morgan fingerprint density at radius 2 is 2.09 bits per heavy atom. The van der Waals surface area contributed by atoms with Gasteiger partial charge in [0.15, 0.2) is 10.7 Å². The van der Waals surface area contributed by atoms with Gasteiger partial charge in [-0.25, -0.2) is 8.42 Å². The van der Waals surface area contributed by atoms with Gasteiger partial charge >= 0.3 is 0 Å². The molecule has 2 aromatic heterocycles. The number of benzene rings is 1. The van der Waals surface area contributed by atoms with Crippen molar-refractivity contribution in [3.63, 3.8) is 0 Å². The molecule has 3 aromatic rings. The number of aryl methyl sites for hydroxylation is 1. The van der Waals surface area contributed by atoms with Crippen LogP contribution in [-0.2, 0) is 21.4 Å². The second kappa shape index (κ2) is 10.3. The van der Waals surface area contributed by atoms with E-state index >= 15 is 0 Å². The van der Waals surface area contributed by atoms with E-state index in [2.05, 4.69) is 10.5 Å². The number of carbonyl (C=O) groups is 1. The van der Waals surface area contributed by atoms with Gasteiger partial charge in [0.05, 0.1) is 19.3 Å². The van der Waals surface area contributed by atoms with Gasteiger partial charge in [0.1, 0.15) is 17.2 Å². The highest BCUT2D eigenvalue weighted by Gasteiger charge is 2.36. The summed E-state index contributed by atoms with van der Waals surface area (Å²) >= 11 is 0. The largest absolute Gasteiger partial charge is 0.496 e. The van der Waals surface area contributed by atoms with Gasteiger partial charge in [0.2, 0.25) is 15.9 Å². The van der Waals surface area contributed by atoms with Crippen LogP contribution in [0.15, 0.2) is 56.5 Å². The lowest BCUT2D eigenvalue weighted by molar-refractivity contribution is -0.126. The van der Waals surface area contributed by atoms with E-state index in [1.165, 1.54) is 16.6 Å². The first-order valence-electron chi connectivity index (χ1n) is 11.0. The number of para-hydroxylation sites is 1. The van der Waals surface area contributed by atoms with Gasteiger partial charge in [0.25, 0.3) is 0 Å². The number of hydrogen-bond donors (Lipinski definition) is 1. The summed E-state index contributed by atoms with van der Waals surface area (Å²) in [5, 5.41) is 6.77. The van der Waals surface area contributed by atoms with E-state index < -0.39 is 15.9 Å². The minimum atomic E-state index is -3.92. The first kappa shape index (κ1) is 23.8. The van der Waals surface area contributed by atoms with Crippen molar-refractivity contribution in [1.82, 2.24) is 14.8 Å². The summed E-state index contributed by atoms with van der Waals surface area (Å²) in [5.74, 6) is 0.721. The third kappa shape index (κ3) is 5.07. The number of aromatic nitrogens is 1. The Labute approximate surface area is 198 Å². The molecule has 10 heteroatoms. The maximum atomic E-state index is 13.5. The number of nitrogens with zero attached hydrogens (tertiary/aromatic N) is 2. The van der Waals surface area contributed by atoms with Crippen LogP contribution in [0.25, 0.3) is 12.2 Å². The second-order valence-electron chi connectivity index (χ2n) is 8.04. The highest BCUT2D eigenvalue weighted by Crippen LogP contribution is 2.29. The molecule has 1 amide bonds. The third-order valence-electron chi connectivity index (χ3n) is 5.77. The summed E-state index contributed by atoms with van der Waals surface area (Å²) in [7, 11) is -2.34. The van der Waals surface area contributed by atoms with Crippen LogP contribution in [0, 0.1) is 12.8 Å². The number of methoxy groups -OCH3 is 1. The lowest BCUT2D eigenvalue weighted by Crippen LogP contribution is -2.45. The minimum Gasteiger partial charge on any atom is -0.496 e. The Balaban J connectivity index is 1.47. The number of sulfonamides is 1. The van der Waals surface area contributed by atoms with Crippen LogP contribution in [0.4, 0.5) is 0 Å². The predicted octanol–water partition coefficient (Wildman–Crippen LogP) is 3.47. The summed E-state index contributed by atoms with van der Waals surface area (Å²) < 4.78 is 44.2. The topological polar surface area (TPSA) is 115 Å². The first-order valence-corrected chi connectivity index (χ1v) is 12.4. The van der Waals surface area contributed by atoms with E-state index in [0.717, 1.165) is 5.56 Å². The van der Waals surface area contributed by atoms with Crippen LogP contribution in [0.3, 0.4) is 0 Å². The zero-order valence-corrected chi connectivity index (χ0v) is 19.9. The summed E-state index contributed by atoms with van der Waals surface area (Å²) in [4.78, 5) is 12.9. The van der Waals surface area contributed by atoms with Crippen molar-refractivity contribution in [1.29, 1.82) is 0 Å². The molecule has 9 nitrogen and oxygen atoms in total. The van der Waals surface area contributed by atoms with E-state index in [4.69, 9.17) is 13.7 Å². The number of carbonyl (C=O) groups excluding carboxylic acids is 1. The van der Waals surface area contributed by atoms with E-state index in [0.29, 0.717) is 37.4 Å². The Morgan fingerprint density at radius 3 is 2.85 bits per heavy atom. The van der Waals surface area contributed by atoms with Crippen molar-refractivity contribution < 1.29 is 26.9 Å². The highest BCUT2D eigenvalue weighted by atomic mass is 32.2. The molecule has 1 aliphatic rings. The Hall–Kier alpha value is -3.37. The fraction of sp³-hybridized carbons (Fsp3) is 0.333. The lowest BCUT2D eigenvalue weighted by Gasteiger charge is -2.31. The highest BCUT2D eigenvalue weighted by molar-refractivity contribution is 7.89. The summed E-state index contributed by atoms with van der Waals surface area (Å²) in [6, 6.07) is 10.9. The first-order chi connectivity index (χ1) is 16.4. The smallest absolute Gasteiger partial charge is 0.248 e. The maximum absolute atomic E-state index is 13.5. The van der Waals surface area contributed by atoms with Crippen LogP contribution in [-0.4, -0.2) is 44.0 Å². The lowest BCUT2D eigenvalue weighted by atomic mass is 9.98. The normalized spacial score (nSPS) is 17.2. The van der Waals surface area contributed by atoms with Gasteiger partial charge in [-0.05, 0) is 50.1 Å². The van der Waals surface area contributed by atoms with Crippen molar-refractivity contribution >= 4 is 28.1 Å². The van der Waals surface area contributed by atoms with E-state index in [-0.39, 0.29) is 28.8 Å². The van der Waals surface area contributed by atoms with Crippen LogP contribution >= 0.6 is 0 Å². The number of amides is 1. The van der Waals surface area contributed by atoms with Gasteiger partial charge in [-0.3, -0.25) is 4.79 Å². The molecule has 0 aliphatic carbocycles. The van der Waals surface area contributed by atoms with Crippen molar-refractivity contribution in [2.24, 2.45) is 5.92 Å². The predicted molar refractivity (Wildman–Crippen MR) is 125 cm³/mol. The molecule has 0 saturated carbocycles. The Kier molecular flexibility index (Phi) is 7.18. The molecule has 0 bridgehead atoms. The molecule has 1 saturated heterocycles. The molecule has 1 fully saturated rings. The molecule has 0 radical (unpaired) electrons. The number of piperidine rings is 1. The van der Waals surface area contributed by atoms with Crippen LogP contribution < -0.4 is 10.1 Å². The monoisotopic (exact) mass is 485 g/mol. The van der Waals surface area contributed by atoms with Gasteiger partial charge in [-0.1, -0.05) is 23.4 Å².